The predicted octanol–water partition coefficient (Wildman–Crippen LogP) is 0.345. The molecule has 0 aromatic heterocycles. The second kappa shape index (κ2) is 6.58. The second-order valence-electron chi connectivity index (χ2n) is 5.69. The van der Waals surface area contributed by atoms with Crippen molar-refractivity contribution >= 4 is 17.9 Å². The number of carboxylic acid groups (broad SMARTS) is 1. The minimum atomic E-state index is -0.891. The fourth-order valence-corrected chi connectivity index (χ4v) is 2.56. The van der Waals surface area contributed by atoms with Gasteiger partial charge in [0.25, 0.3) is 0 Å². The molecular formula is C13H23N3O4. The molecule has 1 aliphatic rings. The summed E-state index contributed by atoms with van der Waals surface area (Å²) in [7, 11) is 0. The topological polar surface area (TPSA) is 104 Å². The molecule has 2 atom stereocenters. The monoisotopic (exact) mass is 285 g/mol. The Labute approximate surface area is 118 Å². The Balaban J connectivity index is 2.79. The number of hydrogen-bond acceptors (Lipinski definition) is 3. The number of rotatable bonds is 5. The molecule has 0 spiro atoms. The van der Waals surface area contributed by atoms with Gasteiger partial charge in [0.15, 0.2) is 0 Å². The summed E-state index contributed by atoms with van der Waals surface area (Å²) >= 11 is 0. The molecule has 0 saturated carbocycles. The van der Waals surface area contributed by atoms with Gasteiger partial charge in [0.2, 0.25) is 5.91 Å². The summed E-state index contributed by atoms with van der Waals surface area (Å²) in [5, 5.41) is 9.09. The smallest absolute Gasteiger partial charge is 0.320 e. The number of primary amides is 1. The molecule has 1 heterocycles. The number of nitrogens with two attached hydrogens (primary N) is 1. The molecule has 1 saturated heterocycles. The first-order chi connectivity index (χ1) is 9.23. The first-order valence-electron chi connectivity index (χ1n) is 6.80. The summed E-state index contributed by atoms with van der Waals surface area (Å²) in [5.41, 5.74) is 5.17. The lowest BCUT2D eigenvalue weighted by atomic mass is 10.0. The molecule has 7 nitrogen and oxygen atoms in total. The van der Waals surface area contributed by atoms with E-state index in [1.807, 2.05) is 13.8 Å². The molecule has 114 valence electrons. The highest BCUT2D eigenvalue weighted by Crippen LogP contribution is 2.25. The number of nitrogens with zero attached hydrogens (tertiary/aromatic N) is 2. The lowest BCUT2D eigenvalue weighted by Gasteiger charge is -2.31. The van der Waals surface area contributed by atoms with Crippen LogP contribution in [0.15, 0.2) is 0 Å². The number of hydrogen-bond donors (Lipinski definition) is 2. The number of carbonyl (C=O) groups is 3. The zero-order valence-electron chi connectivity index (χ0n) is 12.2. The van der Waals surface area contributed by atoms with Crippen molar-refractivity contribution in [3.05, 3.63) is 0 Å². The van der Waals surface area contributed by atoms with Crippen molar-refractivity contribution in [2.24, 2.45) is 17.6 Å². The zero-order valence-corrected chi connectivity index (χ0v) is 12.2. The summed E-state index contributed by atoms with van der Waals surface area (Å²) in [5.74, 6) is -1.81. The van der Waals surface area contributed by atoms with Crippen molar-refractivity contribution in [3.8, 4) is 0 Å². The third-order valence-electron chi connectivity index (χ3n) is 3.52. The molecule has 1 rings (SSSR count). The summed E-state index contributed by atoms with van der Waals surface area (Å²) in [6.07, 6.45) is 0.439. The molecule has 2 unspecified atom stereocenters. The van der Waals surface area contributed by atoms with Crippen molar-refractivity contribution < 1.29 is 19.5 Å². The Morgan fingerprint density at radius 3 is 2.40 bits per heavy atom. The lowest BCUT2D eigenvalue weighted by Crippen LogP contribution is -2.49. The van der Waals surface area contributed by atoms with Gasteiger partial charge < -0.3 is 20.6 Å². The molecule has 7 heteroatoms. The van der Waals surface area contributed by atoms with E-state index in [4.69, 9.17) is 10.8 Å². The number of aliphatic carboxylic acids is 1. The summed E-state index contributed by atoms with van der Waals surface area (Å²) in [4.78, 5) is 37.5. The highest BCUT2D eigenvalue weighted by atomic mass is 16.4. The van der Waals surface area contributed by atoms with E-state index in [1.54, 1.807) is 6.92 Å². The van der Waals surface area contributed by atoms with E-state index in [1.165, 1.54) is 9.80 Å². The molecule has 0 bridgehead atoms. The molecule has 0 aromatic carbocycles. The second-order valence-corrected chi connectivity index (χ2v) is 5.69. The Kier molecular flexibility index (Phi) is 5.35. The van der Waals surface area contributed by atoms with Gasteiger partial charge in [-0.25, -0.2) is 4.79 Å². The van der Waals surface area contributed by atoms with Crippen LogP contribution in [0.4, 0.5) is 4.79 Å². The molecular weight excluding hydrogens is 262 g/mol. The fourth-order valence-electron chi connectivity index (χ4n) is 2.56. The number of likely N-dealkylation sites (tertiary alicyclic amines) is 1. The Morgan fingerprint density at radius 1 is 1.40 bits per heavy atom. The third-order valence-corrected chi connectivity index (χ3v) is 3.52. The fraction of sp³-hybridized carbons (Fsp3) is 0.769. The minimum absolute atomic E-state index is 0.141. The number of carbonyl (C=O) groups excluding carboxylic acids is 2. The Hall–Kier alpha value is -1.79. The highest BCUT2D eigenvalue weighted by molar-refractivity contribution is 5.84. The van der Waals surface area contributed by atoms with Crippen LogP contribution in [0.2, 0.25) is 0 Å². The van der Waals surface area contributed by atoms with Crippen molar-refractivity contribution in [2.75, 3.05) is 19.6 Å². The van der Waals surface area contributed by atoms with Gasteiger partial charge in [0.1, 0.15) is 6.54 Å². The van der Waals surface area contributed by atoms with Gasteiger partial charge in [-0.05, 0) is 19.3 Å². The van der Waals surface area contributed by atoms with E-state index in [2.05, 4.69) is 0 Å². The third kappa shape index (κ3) is 3.85. The van der Waals surface area contributed by atoms with Crippen molar-refractivity contribution in [1.82, 2.24) is 9.80 Å². The molecule has 3 amide bonds. The van der Waals surface area contributed by atoms with Gasteiger partial charge in [-0.15, -0.1) is 0 Å². The normalized spacial score (nSPS) is 22.1. The van der Waals surface area contributed by atoms with Crippen molar-refractivity contribution in [3.63, 3.8) is 0 Å². The van der Waals surface area contributed by atoms with Gasteiger partial charge in [0.05, 0.1) is 5.92 Å². The van der Waals surface area contributed by atoms with E-state index >= 15 is 0 Å². The maximum atomic E-state index is 12.4. The summed E-state index contributed by atoms with van der Waals surface area (Å²) in [6, 6.07) is -0.684. The Morgan fingerprint density at radius 2 is 2.00 bits per heavy atom. The van der Waals surface area contributed by atoms with E-state index in [0.29, 0.717) is 19.5 Å². The Bertz CT molecular complexity index is 397. The summed E-state index contributed by atoms with van der Waals surface area (Å²) in [6.45, 7) is 6.27. The first kappa shape index (κ1) is 16.3. The highest BCUT2D eigenvalue weighted by Gasteiger charge is 2.39. The van der Waals surface area contributed by atoms with Crippen LogP contribution in [0.1, 0.15) is 27.2 Å². The van der Waals surface area contributed by atoms with Crippen LogP contribution in [0, 0.1) is 11.8 Å². The van der Waals surface area contributed by atoms with Crippen LogP contribution in [0.3, 0.4) is 0 Å². The van der Waals surface area contributed by atoms with Crippen LogP contribution in [0.5, 0.6) is 0 Å². The number of carboxylic acids is 1. The maximum absolute atomic E-state index is 12.4. The number of amides is 3. The van der Waals surface area contributed by atoms with E-state index in [0.717, 1.165) is 0 Å². The van der Waals surface area contributed by atoms with Gasteiger partial charge in [0, 0.05) is 19.1 Å². The van der Waals surface area contributed by atoms with Crippen molar-refractivity contribution in [1.29, 1.82) is 0 Å². The van der Waals surface area contributed by atoms with Gasteiger partial charge in [-0.3, -0.25) is 9.59 Å². The molecule has 1 aliphatic heterocycles. The van der Waals surface area contributed by atoms with E-state index in [-0.39, 0.29) is 24.5 Å². The van der Waals surface area contributed by atoms with Crippen LogP contribution in [0.25, 0.3) is 0 Å². The molecule has 1 fully saturated rings. The minimum Gasteiger partial charge on any atom is -0.481 e. The quantitative estimate of drug-likeness (QED) is 0.760. The van der Waals surface area contributed by atoms with Crippen LogP contribution in [-0.2, 0) is 9.59 Å². The largest absolute Gasteiger partial charge is 0.481 e. The molecule has 3 N–H and O–H groups in total. The van der Waals surface area contributed by atoms with E-state index in [9.17, 15) is 14.4 Å². The molecule has 0 aliphatic carbocycles. The number of urea groups is 1. The summed E-state index contributed by atoms with van der Waals surface area (Å²) < 4.78 is 0. The van der Waals surface area contributed by atoms with Gasteiger partial charge in [-0.2, -0.15) is 0 Å². The van der Waals surface area contributed by atoms with Gasteiger partial charge >= 0.3 is 12.0 Å². The standard InChI is InChI=1S/C13H23N3O4/c1-8(2)6-15(7-11(14)17)13(20)16-5-4-10(9(16)3)12(18)19/h8-10H,4-7H2,1-3H3,(H2,14,17)(H,18,19). The maximum Gasteiger partial charge on any atom is 0.320 e. The predicted molar refractivity (Wildman–Crippen MR) is 72.9 cm³/mol. The van der Waals surface area contributed by atoms with Crippen LogP contribution < -0.4 is 5.73 Å². The average molecular weight is 285 g/mol. The van der Waals surface area contributed by atoms with Gasteiger partial charge in [-0.1, -0.05) is 13.8 Å². The van der Waals surface area contributed by atoms with E-state index < -0.39 is 17.8 Å². The average Bonchev–Trinajstić information content (AvgIpc) is 2.68. The first-order valence-corrected chi connectivity index (χ1v) is 6.80. The lowest BCUT2D eigenvalue weighted by molar-refractivity contribution is -0.142. The van der Waals surface area contributed by atoms with Crippen LogP contribution in [-0.4, -0.2) is 58.5 Å². The molecule has 20 heavy (non-hydrogen) atoms. The molecule has 0 radical (unpaired) electrons. The zero-order chi connectivity index (χ0) is 15.4. The van der Waals surface area contributed by atoms with Crippen molar-refractivity contribution in [2.45, 2.75) is 33.2 Å². The molecule has 0 aromatic rings. The van der Waals surface area contributed by atoms with Crippen LogP contribution >= 0.6 is 0 Å². The SMILES string of the molecule is CC(C)CN(CC(N)=O)C(=O)N1CCC(C(=O)O)C1C.